The lowest BCUT2D eigenvalue weighted by Gasteiger charge is -2.22. The summed E-state index contributed by atoms with van der Waals surface area (Å²) in [6.07, 6.45) is 0.668. The summed E-state index contributed by atoms with van der Waals surface area (Å²) in [7, 11) is -3.53. The van der Waals surface area contributed by atoms with Crippen LogP contribution in [0.4, 0.5) is 0 Å². The van der Waals surface area contributed by atoms with E-state index in [1.807, 2.05) is 19.1 Å². The lowest BCUT2D eigenvalue weighted by Crippen LogP contribution is -2.36. The van der Waals surface area contributed by atoms with Crippen LogP contribution in [-0.2, 0) is 14.8 Å². The molecule has 1 amide bonds. The van der Waals surface area contributed by atoms with Crippen LogP contribution in [-0.4, -0.2) is 49.7 Å². The molecule has 5 nitrogen and oxygen atoms in total. The quantitative estimate of drug-likeness (QED) is 0.850. The van der Waals surface area contributed by atoms with Crippen molar-refractivity contribution in [3.05, 3.63) is 29.3 Å². The Morgan fingerprint density at radius 3 is 2.43 bits per heavy atom. The third-order valence-corrected chi connectivity index (χ3v) is 6.44. The predicted molar refractivity (Wildman–Crippen MR) is 90.9 cm³/mol. The van der Waals surface area contributed by atoms with Crippen molar-refractivity contribution in [2.45, 2.75) is 44.9 Å². The van der Waals surface area contributed by atoms with Crippen LogP contribution in [0.1, 0.15) is 44.2 Å². The van der Waals surface area contributed by atoms with Gasteiger partial charge in [0.25, 0.3) is 0 Å². The number of carbonyl (C=O) groups is 1. The second-order valence-corrected chi connectivity index (χ2v) is 8.35. The molecule has 0 saturated carbocycles. The zero-order chi connectivity index (χ0) is 17.2. The molecule has 1 aromatic carbocycles. The molecule has 0 unspecified atom stereocenters. The minimum absolute atomic E-state index is 0.00207. The van der Waals surface area contributed by atoms with E-state index in [4.69, 9.17) is 0 Å². The molecule has 0 aromatic heterocycles. The minimum Gasteiger partial charge on any atom is -0.342 e. The molecule has 1 saturated heterocycles. The third kappa shape index (κ3) is 3.93. The molecule has 0 aliphatic carbocycles. The van der Waals surface area contributed by atoms with Gasteiger partial charge in [0.15, 0.2) is 0 Å². The van der Waals surface area contributed by atoms with E-state index in [2.05, 4.69) is 13.8 Å². The number of nitrogens with zero attached hydrogens (tertiary/aromatic N) is 2. The fourth-order valence-corrected chi connectivity index (χ4v) is 4.57. The van der Waals surface area contributed by atoms with Gasteiger partial charge in [-0.25, -0.2) is 8.42 Å². The summed E-state index contributed by atoms with van der Waals surface area (Å²) in [6.45, 7) is 9.35. The molecule has 1 aliphatic heterocycles. The zero-order valence-corrected chi connectivity index (χ0v) is 15.2. The number of hydrogen-bond donors (Lipinski definition) is 0. The van der Waals surface area contributed by atoms with E-state index in [1.54, 1.807) is 11.0 Å². The molecule has 1 fully saturated rings. The highest BCUT2D eigenvalue weighted by Crippen LogP contribution is 2.25. The largest absolute Gasteiger partial charge is 0.342 e. The molecule has 128 valence electrons. The maximum absolute atomic E-state index is 13.0. The van der Waals surface area contributed by atoms with E-state index >= 15 is 0 Å². The molecule has 0 atom stereocenters. The fourth-order valence-electron chi connectivity index (χ4n) is 2.84. The molecular formula is C17H26N2O3S. The van der Waals surface area contributed by atoms with Crippen LogP contribution >= 0.6 is 0 Å². The number of hydrogen-bond acceptors (Lipinski definition) is 3. The highest BCUT2D eigenvalue weighted by molar-refractivity contribution is 7.89. The third-order valence-electron chi connectivity index (χ3n) is 4.40. The highest BCUT2D eigenvalue weighted by atomic mass is 32.2. The fraction of sp³-hybridized carbons (Fsp3) is 0.588. The Labute approximate surface area is 139 Å². The Bertz CT molecular complexity index is 683. The second-order valence-electron chi connectivity index (χ2n) is 6.44. The SMILES string of the molecule is CC(=O)N1CCCN(S(=O)(=O)c2cc(C(C)C)ccc2C)CC1. The standard InChI is InChI=1S/C17H26N2O3S/c1-13(2)16-7-6-14(3)17(12-16)23(21,22)19-9-5-8-18(10-11-19)15(4)20/h6-7,12-13H,5,8-11H2,1-4H3. The van der Waals surface area contributed by atoms with Gasteiger partial charge in [-0.2, -0.15) is 4.31 Å². The summed E-state index contributed by atoms with van der Waals surface area (Å²) in [5, 5.41) is 0. The number of amides is 1. The van der Waals surface area contributed by atoms with Gasteiger partial charge in [0.05, 0.1) is 4.90 Å². The van der Waals surface area contributed by atoms with Crippen molar-refractivity contribution in [3.8, 4) is 0 Å². The first-order chi connectivity index (χ1) is 10.7. The van der Waals surface area contributed by atoms with E-state index in [0.717, 1.165) is 11.1 Å². The Hall–Kier alpha value is -1.40. The van der Waals surface area contributed by atoms with E-state index in [0.29, 0.717) is 37.5 Å². The molecular weight excluding hydrogens is 312 g/mol. The normalized spacial score (nSPS) is 17.3. The summed E-state index contributed by atoms with van der Waals surface area (Å²) in [4.78, 5) is 13.6. The van der Waals surface area contributed by atoms with Gasteiger partial charge in [-0.1, -0.05) is 26.0 Å². The highest BCUT2D eigenvalue weighted by Gasteiger charge is 2.29. The average molecular weight is 338 g/mol. The van der Waals surface area contributed by atoms with Gasteiger partial charge in [-0.15, -0.1) is 0 Å². The van der Waals surface area contributed by atoms with Gasteiger partial charge in [-0.3, -0.25) is 4.79 Å². The summed E-state index contributed by atoms with van der Waals surface area (Å²) in [6, 6.07) is 5.66. The zero-order valence-electron chi connectivity index (χ0n) is 14.4. The van der Waals surface area contributed by atoms with Crippen LogP contribution in [0.25, 0.3) is 0 Å². The Morgan fingerprint density at radius 1 is 1.13 bits per heavy atom. The topological polar surface area (TPSA) is 57.7 Å². The van der Waals surface area contributed by atoms with Crippen molar-refractivity contribution >= 4 is 15.9 Å². The predicted octanol–water partition coefficient (Wildman–Crippen LogP) is 2.36. The monoisotopic (exact) mass is 338 g/mol. The van der Waals surface area contributed by atoms with Crippen molar-refractivity contribution in [2.24, 2.45) is 0 Å². The molecule has 0 N–H and O–H groups in total. The molecule has 1 aromatic rings. The maximum atomic E-state index is 13.0. The summed E-state index contributed by atoms with van der Waals surface area (Å²) >= 11 is 0. The summed E-state index contributed by atoms with van der Waals surface area (Å²) < 4.78 is 27.6. The van der Waals surface area contributed by atoms with E-state index < -0.39 is 10.0 Å². The Morgan fingerprint density at radius 2 is 1.83 bits per heavy atom. The average Bonchev–Trinajstić information content (AvgIpc) is 2.73. The van der Waals surface area contributed by atoms with E-state index in [-0.39, 0.29) is 11.8 Å². The van der Waals surface area contributed by atoms with Crippen LogP contribution in [0, 0.1) is 6.92 Å². The van der Waals surface area contributed by atoms with Gasteiger partial charge < -0.3 is 4.90 Å². The smallest absolute Gasteiger partial charge is 0.243 e. The maximum Gasteiger partial charge on any atom is 0.243 e. The molecule has 0 bridgehead atoms. The number of sulfonamides is 1. The van der Waals surface area contributed by atoms with Gasteiger partial charge in [-0.05, 0) is 36.5 Å². The van der Waals surface area contributed by atoms with Gasteiger partial charge in [0.2, 0.25) is 15.9 Å². The molecule has 6 heteroatoms. The van der Waals surface area contributed by atoms with Crippen LogP contribution in [0.5, 0.6) is 0 Å². The number of aryl methyl sites for hydroxylation is 1. The lowest BCUT2D eigenvalue weighted by atomic mass is 10.0. The van der Waals surface area contributed by atoms with E-state index in [1.165, 1.54) is 11.2 Å². The number of benzene rings is 1. The van der Waals surface area contributed by atoms with Crippen LogP contribution in [0.15, 0.2) is 23.1 Å². The van der Waals surface area contributed by atoms with Crippen LogP contribution in [0.2, 0.25) is 0 Å². The molecule has 23 heavy (non-hydrogen) atoms. The van der Waals surface area contributed by atoms with Gasteiger partial charge >= 0.3 is 0 Å². The Kier molecular flexibility index (Phi) is 5.47. The van der Waals surface area contributed by atoms with Crippen molar-refractivity contribution in [2.75, 3.05) is 26.2 Å². The van der Waals surface area contributed by atoms with Crippen LogP contribution in [0.3, 0.4) is 0 Å². The van der Waals surface area contributed by atoms with Gasteiger partial charge in [0, 0.05) is 33.1 Å². The summed E-state index contributed by atoms with van der Waals surface area (Å²) in [5.74, 6) is 0.282. The molecule has 1 aliphatic rings. The Balaban J connectivity index is 2.31. The van der Waals surface area contributed by atoms with Crippen molar-refractivity contribution in [1.29, 1.82) is 0 Å². The first-order valence-corrected chi connectivity index (χ1v) is 9.53. The van der Waals surface area contributed by atoms with Crippen LogP contribution < -0.4 is 0 Å². The van der Waals surface area contributed by atoms with Crippen molar-refractivity contribution < 1.29 is 13.2 Å². The van der Waals surface area contributed by atoms with E-state index in [9.17, 15) is 13.2 Å². The molecule has 0 radical (unpaired) electrons. The first-order valence-electron chi connectivity index (χ1n) is 8.09. The second kappa shape index (κ2) is 7.01. The summed E-state index contributed by atoms with van der Waals surface area (Å²) in [5.41, 5.74) is 1.79. The number of rotatable bonds is 3. The minimum atomic E-state index is -3.53. The molecule has 0 spiro atoms. The van der Waals surface area contributed by atoms with Gasteiger partial charge in [0.1, 0.15) is 0 Å². The lowest BCUT2D eigenvalue weighted by molar-refractivity contribution is -0.128. The van der Waals surface area contributed by atoms with Crippen molar-refractivity contribution in [1.82, 2.24) is 9.21 Å². The molecule has 2 rings (SSSR count). The van der Waals surface area contributed by atoms with Crippen molar-refractivity contribution in [3.63, 3.8) is 0 Å². The number of carbonyl (C=O) groups excluding carboxylic acids is 1. The molecule has 1 heterocycles. The first kappa shape index (κ1) is 17.9.